The molecule has 0 atom stereocenters. The molecule has 2 rings (SSSR count). The molecule has 0 saturated heterocycles. The average molecular weight is 476 g/mol. The highest BCUT2D eigenvalue weighted by Crippen LogP contribution is 2.23. The van der Waals surface area contributed by atoms with Gasteiger partial charge in [0.15, 0.2) is 5.96 Å². The lowest BCUT2D eigenvalue weighted by Gasteiger charge is -2.21. The molecule has 5 nitrogen and oxygen atoms in total. The molecule has 0 spiro atoms. The first-order chi connectivity index (χ1) is 12.2. The van der Waals surface area contributed by atoms with Crippen LogP contribution in [0.3, 0.4) is 0 Å². The van der Waals surface area contributed by atoms with Gasteiger partial charge in [-0.05, 0) is 37.5 Å². The van der Waals surface area contributed by atoms with Crippen molar-refractivity contribution < 1.29 is 9.18 Å². The zero-order chi connectivity index (χ0) is 17.9. The molecule has 1 aromatic rings. The van der Waals surface area contributed by atoms with Crippen LogP contribution in [-0.4, -0.2) is 31.5 Å². The summed E-state index contributed by atoms with van der Waals surface area (Å²) in [6.07, 6.45) is 5.61. The molecule has 0 radical (unpaired) electrons. The number of carbonyl (C=O) groups is 1. The van der Waals surface area contributed by atoms with Crippen molar-refractivity contribution >= 4 is 35.8 Å². The Balaban J connectivity index is 0.00000338. The van der Waals surface area contributed by atoms with Gasteiger partial charge in [-0.3, -0.25) is 4.79 Å². The van der Waals surface area contributed by atoms with E-state index in [0.717, 1.165) is 37.8 Å². The first-order valence-corrected chi connectivity index (χ1v) is 9.23. The predicted molar refractivity (Wildman–Crippen MR) is 114 cm³/mol. The second kappa shape index (κ2) is 12.9. The standard InChI is InChI=1S/C19H29FN4O.HI/c1-2-21-19(24-14-15-8-10-17(20)11-9-15)23-13-12-22-18(25)16-6-4-3-5-7-16;/h8-11,16H,2-7,12-14H2,1H3,(H,22,25)(H2,21,23,24);1H. The molecular formula is C19H30FIN4O. The predicted octanol–water partition coefficient (Wildman–Crippen LogP) is 3.20. The molecule has 7 heteroatoms. The number of benzene rings is 1. The summed E-state index contributed by atoms with van der Waals surface area (Å²) in [5.41, 5.74) is 0.948. The molecule has 1 fully saturated rings. The van der Waals surface area contributed by atoms with Crippen molar-refractivity contribution in [2.75, 3.05) is 19.6 Å². The molecule has 1 aliphatic rings. The lowest BCUT2D eigenvalue weighted by molar-refractivity contribution is -0.125. The van der Waals surface area contributed by atoms with E-state index < -0.39 is 0 Å². The minimum atomic E-state index is -0.244. The maximum Gasteiger partial charge on any atom is 0.223 e. The van der Waals surface area contributed by atoms with Crippen molar-refractivity contribution in [3.05, 3.63) is 35.6 Å². The summed E-state index contributed by atoms with van der Waals surface area (Å²) in [5, 5.41) is 9.38. The van der Waals surface area contributed by atoms with E-state index in [0.29, 0.717) is 25.6 Å². The molecule has 0 bridgehead atoms. The van der Waals surface area contributed by atoms with Crippen LogP contribution >= 0.6 is 24.0 Å². The smallest absolute Gasteiger partial charge is 0.223 e. The van der Waals surface area contributed by atoms with E-state index in [1.165, 1.54) is 18.6 Å². The average Bonchev–Trinajstić information content (AvgIpc) is 2.65. The number of rotatable bonds is 7. The summed E-state index contributed by atoms with van der Waals surface area (Å²) < 4.78 is 12.9. The number of guanidine groups is 1. The second-order valence-electron chi connectivity index (χ2n) is 6.37. The van der Waals surface area contributed by atoms with Gasteiger partial charge in [-0.1, -0.05) is 31.4 Å². The Labute approximate surface area is 172 Å². The molecule has 1 aromatic carbocycles. The number of hydrogen-bond donors (Lipinski definition) is 3. The Morgan fingerprint density at radius 1 is 1.08 bits per heavy atom. The Hall–Kier alpha value is -1.38. The van der Waals surface area contributed by atoms with Gasteiger partial charge >= 0.3 is 0 Å². The van der Waals surface area contributed by atoms with Gasteiger partial charge < -0.3 is 16.0 Å². The summed E-state index contributed by atoms with van der Waals surface area (Å²) in [6, 6.07) is 6.33. The Morgan fingerprint density at radius 2 is 1.73 bits per heavy atom. The third kappa shape index (κ3) is 8.33. The van der Waals surface area contributed by atoms with Gasteiger partial charge in [-0.15, -0.1) is 24.0 Å². The van der Waals surface area contributed by atoms with Crippen LogP contribution in [0.25, 0.3) is 0 Å². The maximum atomic E-state index is 12.9. The quantitative estimate of drug-likeness (QED) is 0.245. The number of halogens is 2. The van der Waals surface area contributed by atoms with Crippen LogP contribution in [0.4, 0.5) is 4.39 Å². The fourth-order valence-corrected chi connectivity index (χ4v) is 2.98. The number of nitrogens with one attached hydrogen (secondary N) is 3. The van der Waals surface area contributed by atoms with Gasteiger partial charge in [-0.25, -0.2) is 9.38 Å². The van der Waals surface area contributed by atoms with Crippen LogP contribution in [0, 0.1) is 11.7 Å². The van der Waals surface area contributed by atoms with E-state index in [1.54, 1.807) is 12.1 Å². The molecule has 0 heterocycles. The monoisotopic (exact) mass is 476 g/mol. The lowest BCUT2D eigenvalue weighted by Crippen LogP contribution is -2.42. The topological polar surface area (TPSA) is 65.5 Å². The van der Waals surface area contributed by atoms with Crippen molar-refractivity contribution in [2.24, 2.45) is 10.9 Å². The fourth-order valence-electron chi connectivity index (χ4n) is 2.98. The maximum absolute atomic E-state index is 12.9. The number of carbonyl (C=O) groups excluding carboxylic acids is 1. The second-order valence-corrected chi connectivity index (χ2v) is 6.37. The molecule has 1 aliphatic carbocycles. The molecular weight excluding hydrogens is 446 g/mol. The van der Waals surface area contributed by atoms with Gasteiger partial charge in [0, 0.05) is 25.6 Å². The van der Waals surface area contributed by atoms with E-state index in [9.17, 15) is 9.18 Å². The molecule has 0 aliphatic heterocycles. The lowest BCUT2D eigenvalue weighted by atomic mass is 9.89. The molecule has 26 heavy (non-hydrogen) atoms. The first-order valence-electron chi connectivity index (χ1n) is 9.23. The van der Waals surface area contributed by atoms with Crippen LogP contribution in [0.2, 0.25) is 0 Å². The molecule has 3 N–H and O–H groups in total. The van der Waals surface area contributed by atoms with Gasteiger partial charge in [-0.2, -0.15) is 0 Å². The van der Waals surface area contributed by atoms with Crippen molar-refractivity contribution in [1.29, 1.82) is 0 Å². The van der Waals surface area contributed by atoms with Crippen LogP contribution in [0.5, 0.6) is 0 Å². The third-order valence-corrected chi connectivity index (χ3v) is 4.37. The summed E-state index contributed by atoms with van der Waals surface area (Å²) in [4.78, 5) is 16.6. The van der Waals surface area contributed by atoms with Crippen molar-refractivity contribution in [3.8, 4) is 0 Å². The van der Waals surface area contributed by atoms with Crippen LogP contribution in [-0.2, 0) is 11.3 Å². The summed E-state index contributed by atoms with van der Waals surface area (Å²) in [6.45, 7) is 4.43. The number of hydrogen-bond acceptors (Lipinski definition) is 2. The Bertz CT molecular complexity index is 559. The van der Waals surface area contributed by atoms with E-state index >= 15 is 0 Å². The molecule has 0 aromatic heterocycles. The summed E-state index contributed by atoms with van der Waals surface area (Å²) >= 11 is 0. The first kappa shape index (κ1) is 22.7. The highest BCUT2D eigenvalue weighted by atomic mass is 127. The van der Waals surface area contributed by atoms with Crippen molar-refractivity contribution in [3.63, 3.8) is 0 Å². The number of nitrogens with zero attached hydrogens (tertiary/aromatic N) is 1. The summed E-state index contributed by atoms with van der Waals surface area (Å²) in [7, 11) is 0. The minimum Gasteiger partial charge on any atom is -0.357 e. The van der Waals surface area contributed by atoms with E-state index in [2.05, 4.69) is 20.9 Å². The Morgan fingerprint density at radius 3 is 2.38 bits per heavy atom. The highest BCUT2D eigenvalue weighted by Gasteiger charge is 2.20. The zero-order valence-electron chi connectivity index (χ0n) is 15.4. The molecule has 0 unspecified atom stereocenters. The molecule has 1 amide bonds. The van der Waals surface area contributed by atoms with Gasteiger partial charge in [0.25, 0.3) is 0 Å². The zero-order valence-corrected chi connectivity index (χ0v) is 17.7. The molecule has 146 valence electrons. The van der Waals surface area contributed by atoms with Gasteiger partial charge in [0.1, 0.15) is 5.82 Å². The van der Waals surface area contributed by atoms with E-state index in [-0.39, 0.29) is 41.6 Å². The van der Waals surface area contributed by atoms with Crippen LogP contribution in [0.15, 0.2) is 29.3 Å². The van der Waals surface area contributed by atoms with E-state index in [4.69, 9.17) is 0 Å². The van der Waals surface area contributed by atoms with Crippen molar-refractivity contribution in [1.82, 2.24) is 16.0 Å². The SMILES string of the molecule is CCNC(=NCc1ccc(F)cc1)NCCNC(=O)C1CCCCC1.I. The fraction of sp³-hybridized carbons (Fsp3) is 0.579. The number of amides is 1. The van der Waals surface area contributed by atoms with Crippen molar-refractivity contribution in [2.45, 2.75) is 45.6 Å². The van der Waals surface area contributed by atoms with Gasteiger partial charge in [0.2, 0.25) is 5.91 Å². The van der Waals surface area contributed by atoms with E-state index in [1.807, 2.05) is 6.92 Å². The third-order valence-electron chi connectivity index (χ3n) is 4.37. The van der Waals surface area contributed by atoms with Gasteiger partial charge in [0.05, 0.1) is 6.54 Å². The minimum absolute atomic E-state index is 0. The highest BCUT2D eigenvalue weighted by molar-refractivity contribution is 14.0. The largest absolute Gasteiger partial charge is 0.357 e. The summed E-state index contributed by atoms with van der Waals surface area (Å²) in [5.74, 6) is 0.814. The van der Waals surface area contributed by atoms with Crippen LogP contribution < -0.4 is 16.0 Å². The van der Waals surface area contributed by atoms with Crippen LogP contribution in [0.1, 0.15) is 44.6 Å². The normalized spacial score (nSPS) is 15.1. The molecule has 1 saturated carbocycles. The number of aliphatic imine (C=N–C) groups is 1. The Kier molecular flexibility index (Phi) is 11.2.